The second-order valence-corrected chi connectivity index (χ2v) is 3.11. The van der Waals surface area contributed by atoms with E-state index in [9.17, 15) is 26.1 Å². The van der Waals surface area contributed by atoms with Crippen molar-refractivity contribution in [2.45, 2.75) is 13.1 Å². The van der Waals surface area contributed by atoms with Crippen LogP contribution in [0.25, 0.3) is 0 Å². The Bertz CT molecular complexity index is 364. The molecule has 1 aromatic carbocycles. The summed E-state index contributed by atoms with van der Waals surface area (Å²) in [6, 6.07) is 2.42. The van der Waals surface area contributed by atoms with Crippen LogP contribution in [0.2, 0.25) is 0 Å². The van der Waals surface area contributed by atoms with Gasteiger partial charge in [-0.2, -0.15) is 13.2 Å². The number of hydrogen-bond acceptors (Lipinski definition) is 0. The molecule has 0 radical (unpaired) electrons. The van der Waals surface area contributed by atoms with Crippen LogP contribution in [-0.2, 0) is 6.18 Å². The minimum atomic E-state index is -5.65. The molecule has 0 atom stereocenters. The van der Waals surface area contributed by atoms with Gasteiger partial charge in [0.05, 0.1) is 0 Å². The van der Waals surface area contributed by atoms with E-state index >= 15 is 0 Å². The molecule has 0 saturated carbocycles. The fourth-order valence-electron chi connectivity index (χ4n) is 1.36. The van der Waals surface area contributed by atoms with Crippen molar-refractivity contribution in [2.24, 2.45) is 0 Å². The lowest BCUT2D eigenvalue weighted by molar-refractivity contribution is -0.136. The Morgan fingerprint density at radius 2 is 1.60 bits per heavy atom. The molecule has 0 aliphatic heterocycles. The summed E-state index contributed by atoms with van der Waals surface area (Å²) in [5, 5.41) is 0. The molecule has 0 amide bonds. The fourth-order valence-corrected chi connectivity index (χ4v) is 1.36. The Morgan fingerprint density at radius 3 is 1.93 bits per heavy atom. The molecule has 1 aromatic rings. The molecule has 0 N–H and O–H groups in total. The molecule has 0 nitrogen and oxygen atoms in total. The molecule has 1 rings (SSSR count). The molecule has 7 heteroatoms. The van der Waals surface area contributed by atoms with E-state index in [-0.39, 0.29) is 0 Å². The predicted octanol–water partition coefficient (Wildman–Crippen LogP) is 3.07. The maximum atomic E-state index is 12.4. The first-order valence-electron chi connectivity index (χ1n) is 4.00. The van der Waals surface area contributed by atoms with Crippen LogP contribution in [0.1, 0.15) is 11.1 Å². The third-order valence-electron chi connectivity index (χ3n) is 1.96. The maximum Gasteiger partial charge on any atom is 0.510 e. The predicted molar refractivity (Wildman–Crippen MR) is 44.9 cm³/mol. The number of rotatable bonds is 1. The van der Waals surface area contributed by atoms with Gasteiger partial charge in [-0.15, -0.1) is 0 Å². The molecule has 0 aliphatic rings. The largest absolute Gasteiger partial charge is 0.510 e. The Morgan fingerprint density at radius 1 is 1.07 bits per heavy atom. The third-order valence-corrected chi connectivity index (χ3v) is 1.96. The van der Waals surface area contributed by atoms with Gasteiger partial charge < -0.3 is 12.9 Å². The van der Waals surface area contributed by atoms with E-state index < -0.39 is 29.7 Å². The highest BCUT2D eigenvalue weighted by Gasteiger charge is 2.40. The average Bonchev–Trinajstić information content (AvgIpc) is 1.99. The molecule has 0 heterocycles. The summed E-state index contributed by atoms with van der Waals surface area (Å²) < 4.78 is 74.0. The number of aryl methyl sites for hydroxylation is 1. The SMILES string of the molecule is Cc1cccc(C(F)(F)F)c1[B-](F)(F)F. The summed E-state index contributed by atoms with van der Waals surface area (Å²) in [5.41, 5.74) is -3.57. The van der Waals surface area contributed by atoms with Crippen LogP contribution in [0.5, 0.6) is 0 Å². The van der Waals surface area contributed by atoms with E-state index in [1.807, 2.05) is 0 Å². The van der Waals surface area contributed by atoms with Gasteiger partial charge in [-0.3, -0.25) is 0 Å². The highest BCUT2D eigenvalue weighted by Crippen LogP contribution is 2.30. The Labute approximate surface area is 82.0 Å². The van der Waals surface area contributed by atoms with Crippen molar-refractivity contribution in [3.8, 4) is 0 Å². The highest BCUT2D eigenvalue weighted by atomic mass is 19.4. The lowest BCUT2D eigenvalue weighted by Gasteiger charge is -2.23. The molecular formula is C8H6BF6-. The normalized spacial score (nSPS) is 13.0. The summed E-state index contributed by atoms with van der Waals surface area (Å²) in [5.74, 6) is 0. The summed E-state index contributed by atoms with van der Waals surface area (Å²) in [7, 11) is 0. The zero-order chi connectivity index (χ0) is 11.9. The zero-order valence-electron chi connectivity index (χ0n) is 7.58. The van der Waals surface area contributed by atoms with Crippen LogP contribution < -0.4 is 5.46 Å². The molecule has 0 bridgehead atoms. The Kier molecular flexibility index (Phi) is 2.76. The quantitative estimate of drug-likeness (QED) is 0.510. The minimum Gasteiger partial charge on any atom is -0.445 e. The van der Waals surface area contributed by atoms with Gasteiger partial charge in [-0.05, 0) is 6.92 Å². The minimum absolute atomic E-state index is 0.405. The molecule has 0 unspecified atom stereocenters. The molecule has 0 fully saturated rings. The highest BCUT2D eigenvalue weighted by molar-refractivity contribution is 6.74. The molecule has 0 aliphatic carbocycles. The van der Waals surface area contributed by atoms with Gasteiger partial charge >= 0.3 is 13.2 Å². The van der Waals surface area contributed by atoms with Crippen LogP contribution in [0, 0.1) is 6.92 Å². The molecule has 84 valence electrons. The molecule has 15 heavy (non-hydrogen) atoms. The summed E-state index contributed by atoms with van der Waals surface area (Å²) in [6.45, 7) is -4.63. The van der Waals surface area contributed by atoms with E-state index in [4.69, 9.17) is 0 Å². The van der Waals surface area contributed by atoms with E-state index in [1.165, 1.54) is 0 Å². The smallest absolute Gasteiger partial charge is 0.445 e. The van der Waals surface area contributed by atoms with Crippen molar-refractivity contribution in [3.63, 3.8) is 0 Å². The van der Waals surface area contributed by atoms with Crippen LogP contribution >= 0.6 is 0 Å². The topological polar surface area (TPSA) is 0 Å². The monoisotopic (exact) mass is 227 g/mol. The Balaban J connectivity index is 3.48. The van der Waals surface area contributed by atoms with E-state index in [2.05, 4.69) is 0 Å². The first kappa shape index (κ1) is 11.9. The van der Waals surface area contributed by atoms with E-state index in [1.54, 1.807) is 0 Å². The lowest BCUT2D eigenvalue weighted by Crippen LogP contribution is -2.41. The van der Waals surface area contributed by atoms with E-state index in [0.717, 1.165) is 19.1 Å². The number of alkyl halides is 3. The van der Waals surface area contributed by atoms with Crippen molar-refractivity contribution in [2.75, 3.05) is 0 Å². The van der Waals surface area contributed by atoms with Gasteiger partial charge in [0.25, 0.3) is 0 Å². The van der Waals surface area contributed by atoms with Crippen molar-refractivity contribution in [1.29, 1.82) is 0 Å². The van der Waals surface area contributed by atoms with E-state index in [0.29, 0.717) is 6.07 Å². The van der Waals surface area contributed by atoms with Crippen LogP contribution in [0.15, 0.2) is 18.2 Å². The molecule has 0 spiro atoms. The third kappa shape index (κ3) is 2.46. The van der Waals surface area contributed by atoms with Gasteiger partial charge in [0, 0.05) is 5.56 Å². The molecular weight excluding hydrogens is 221 g/mol. The van der Waals surface area contributed by atoms with Crippen molar-refractivity contribution in [1.82, 2.24) is 0 Å². The number of hydrogen-bond donors (Lipinski definition) is 0. The van der Waals surface area contributed by atoms with Gasteiger partial charge in [-0.1, -0.05) is 29.2 Å². The summed E-state index contributed by atoms with van der Waals surface area (Å²) in [6.07, 6.45) is -4.97. The maximum absolute atomic E-state index is 12.4. The van der Waals surface area contributed by atoms with Crippen LogP contribution in [0.3, 0.4) is 0 Å². The van der Waals surface area contributed by atoms with Crippen LogP contribution in [-0.4, -0.2) is 6.98 Å². The standard InChI is InChI=1S/C8H6BF6/c1-5-3-2-4-6(8(10,11)12)7(5)9(13,14)15/h2-4H,1H3/q-1. The Hall–Kier alpha value is -1.14. The summed E-state index contributed by atoms with van der Waals surface area (Å²) >= 11 is 0. The summed E-state index contributed by atoms with van der Waals surface area (Å²) in [4.78, 5) is 0. The van der Waals surface area contributed by atoms with Crippen molar-refractivity contribution >= 4 is 12.4 Å². The lowest BCUT2D eigenvalue weighted by atomic mass is 9.74. The number of benzene rings is 1. The van der Waals surface area contributed by atoms with Gasteiger partial charge in [-0.25, -0.2) is 0 Å². The first-order chi connectivity index (χ1) is 6.64. The van der Waals surface area contributed by atoms with Crippen molar-refractivity contribution in [3.05, 3.63) is 29.3 Å². The first-order valence-corrected chi connectivity index (χ1v) is 4.00. The van der Waals surface area contributed by atoms with Gasteiger partial charge in [0.2, 0.25) is 0 Å². The molecule has 0 aromatic heterocycles. The molecule has 0 saturated heterocycles. The second-order valence-electron chi connectivity index (χ2n) is 3.11. The number of halogens is 6. The fraction of sp³-hybridized carbons (Fsp3) is 0.250. The second kappa shape index (κ2) is 3.46. The van der Waals surface area contributed by atoms with Crippen molar-refractivity contribution < 1.29 is 26.1 Å². The van der Waals surface area contributed by atoms with Gasteiger partial charge in [0.1, 0.15) is 0 Å². The zero-order valence-corrected chi connectivity index (χ0v) is 7.58. The van der Waals surface area contributed by atoms with Crippen LogP contribution in [0.4, 0.5) is 26.1 Å². The van der Waals surface area contributed by atoms with Gasteiger partial charge in [0.15, 0.2) is 0 Å². The average molecular weight is 227 g/mol.